The van der Waals surface area contributed by atoms with Crippen LogP contribution in [0, 0.1) is 0 Å². The highest BCUT2D eigenvalue weighted by molar-refractivity contribution is 6.38. The number of hydrogen-bond donors (Lipinski definition) is 0. The van der Waals surface area contributed by atoms with Gasteiger partial charge in [0.1, 0.15) is 11.2 Å². The lowest BCUT2D eigenvalue weighted by molar-refractivity contribution is 0.670. The predicted molar refractivity (Wildman–Crippen MR) is 242 cm³/mol. The van der Waals surface area contributed by atoms with Gasteiger partial charge in [-0.2, -0.15) is 0 Å². The van der Waals surface area contributed by atoms with E-state index < -0.39 is 0 Å². The molecule has 0 unspecified atom stereocenters. The Bertz CT molecular complexity index is 3870. The van der Waals surface area contributed by atoms with E-state index in [1.54, 1.807) is 0 Å². The maximum Gasteiger partial charge on any atom is 0.235 e. The SMILES string of the molecule is c1ccc2cc(-c3nc(-n4c5ccccc5c5c6c7ccccc7c(-c7cccc8c7oc7ccccc78)cc6c6ccccc6c54)nc4ccccc34)ccc2c1. The van der Waals surface area contributed by atoms with Gasteiger partial charge in [-0.25, -0.2) is 9.97 Å². The van der Waals surface area contributed by atoms with Crippen LogP contribution in [0.1, 0.15) is 0 Å². The van der Waals surface area contributed by atoms with Crippen LogP contribution in [-0.4, -0.2) is 14.5 Å². The first kappa shape index (κ1) is 31.4. The van der Waals surface area contributed by atoms with E-state index in [4.69, 9.17) is 14.4 Å². The summed E-state index contributed by atoms with van der Waals surface area (Å²) < 4.78 is 8.95. The van der Waals surface area contributed by atoms with Crippen LogP contribution in [0.5, 0.6) is 0 Å². The molecule has 0 atom stereocenters. The molecule has 0 amide bonds. The Hall–Kier alpha value is -7.82. The number of furan rings is 1. The third-order valence-corrected chi connectivity index (χ3v) is 12.2. The molecule has 3 aromatic heterocycles. The topological polar surface area (TPSA) is 43.9 Å². The number of benzene rings is 10. The summed E-state index contributed by atoms with van der Waals surface area (Å²) in [7, 11) is 0. The fourth-order valence-electron chi connectivity index (χ4n) is 9.64. The molecule has 268 valence electrons. The Morgan fingerprint density at radius 3 is 1.95 bits per heavy atom. The van der Waals surface area contributed by atoms with Crippen molar-refractivity contribution in [3.05, 3.63) is 188 Å². The quantitative estimate of drug-likeness (QED) is 0.170. The first-order chi connectivity index (χ1) is 28.8. The molecule has 0 radical (unpaired) electrons. The Morgan fingerprint density at radius 2 is 1.07 bits per heavy atom. The van der Waals surface area contributed by atoms with Crippen molar-refractivity contribution >= 4 is 97.7 Å². The van der Waals surface area contributed by atoms with Gasteiger partial charge in [0.15, 0.2) is 0 Å². The van der Waals surface area contributed by atoms with Gasteiger partial charge in [0, 0.05) is 48.8 Å². The second kappa shape index (κ2) is 11.8. The van der Waals surface area contributed by atoms with Gasteiger partial charge in [-0.15, -0.1) is 0 Å². The maximum atomic E-state index is 6.64. The number of para-hydroxylation sites is 4. The van der Waals surface area contributed by atoms with Crippen LogP contribution in [0.3, 0.4) is 0 Å². The molecule has 10 aromatic carbocycles. The minimum atomic E-state index is 0.648. The van der Waals surface area contributed by atoms with Crippen molar-refractivity contribution in [2.45, 2.75) is 0 Å². The van der Waals surface area contributed by atoms with Gasteiger partial charge in [0.2, 0.25) is 5.95 Å². The molecule has 0 aliphatic rings. The molecule has 0 aliphatic heterocycles. The second-order valence-corrected chi connectivity index (χ2v) is 15.2. The van der Waals surface area contributed by atoms with Crippen LogP contribution >= 0.6 is 0 Å². The third kappa shape index (κ3) is 4.34. The normalized spacial score (nSPS) is 12.1. The zero-order valence-electron chi connectivity index (χ0n) is 31.1. The molecular weight excluding hydrogens is 707 g/mol. The van der Waals surface area contributed by atoms with Crippen LogP contribution in [0.4, 0.5) is 0 Å². The van der Waals surface area contributed by atoms with E-state index in [0.717, 1.165) is 77.0 Å². The van der Waals surface area contributed by atoms with E-state index >= 15 is 0 Å². The van der Waals surface area contributed by atoms with Crippen molar-refractivity contribution in [3.63, 3.8) is 0 Å². The molecular formula is C54H31N3O. The smallest absolute Gasteiger partial charge is 0.235 e. The highest BCUT2D eigenvalue weighted by atomic mass is 16.3. The fraction of sp³-hybridized carbons (Fsp3) is 0. The van der Waals surface area contributed by atoms with Crippen LogP contribution in [0.2, 0.25) is 0 Å². The highest BCUT2D eigenvalue weighted by Gasteiger charge is 2.24. The van der Waals surface area contributed by atoms with Crippen molar-refractivity contribution < 1.29 is 4.42 Å². The van der Waals surface area contributed by atoms with Crippen LogP contribution in [0.15, 0.2) is 192 Å². The average molecular weight is 738 g/mol. The molecule has 0 fully saturated rings. The van der Waals surface area contributed by atoms with Gasteiger partial charge in [0.25, 0.3) is 0 Å². The summed E-state index contributed by atoms with van der Waals surface area (Å²) in [4.78, 5) is 10.9. The minimum Gasteiger partial charge on any atom is -0.455 e. The molecule has 3 heterocycles. The Balaban J connectivity index is 1.18. The Labute approximate surface area is 331 Å². The number of rotatable bonds is 3. The Kier molecular flexibility index (Phi) is 6.41. The van der Waals surface area contributed by atoms with Gasteiger partial charge < -0.3 is 4.42 Å². The van der Waals surface area contributed by atoms with Gasteiger partial charge in [-0.05, 0) is 68.2 Å². The molecule has 0 bridgehead atoms. The average Bonchev–Trinajstić information content (AvgIpc) is 3.85. The number of fused-ring (bicyclic) bond motifs is 15. The van der Waals surface area contributed by atoms with Gasteiger partial charge >= 0.3 is 0 Å². The minimum absolute atomic E-state index is 0.648. The third-order valence-electron chi connectivity index (χ3n) is 12.2. The molecule has 4 heteroatoms. The molecule has 0 aliphatic carbocycles. The van der Waals surface area contributed by atoms with Crippen molar-refractivity contribution in [1.29, 1.82) is 0 Å². The standard InChI is InChI=1S/C54H31N3O/c1-2-15-33-30-34(29-28-32(33)14-1)51-42-21-7-10-25-46(42)55-54(56-51)57-47-26-11-8-22-43(47)50-49-38-19-5-3-16-35(38)44(31-45(49)36-17-4-6-20-39(36)52(50)57)41-24-13-23-40-37-18-9-12-27-48(37)58-53(40)41/h1-31H. The molecule has 0 saturated heterocycles. The molecule has 13 rings (SSSR count). The van der Waals surface area contributed by atoms with E-state index in [1.807, 2.05) is 6.07 Å². The monoisotopic (exact) mass is 737 g/mol. The molecule has 0 N–H and O–H groups in total. The first-order valence-corrected chi connectivity index (χ1v) is 19.7. The van der Waals surface area contributed by atoms with Gasteiger partial charge in [-0.1, -0.05) is 158 Å². The highest BCUT2D eigenvalue weighted by Crippen LogP contribution is 2.48. The summed E-state index contributed by atoms with van der Waals surface area (Å²) in [6.07, 6.45) is 0. The summed E-state index contributed by atoms with van der Waals surface area (Å²) in [6.45, 7) is 0. The zero-order valence-corrected chi connectivity index (χ0v) is 31.1. The lowest BCUT2D eigenvalue weighted by atomic mass is 9.88. The summed E-state index contributed by atoms with van der Waals surface area (Å²) in [5.41, 5.74) is 9.09. The van der Waals surface area contributed by atoms with Crippen LogP contribution in [0.25, 0.3) is 126 Å². The molecule has 0 saturated carbocycles. The van der Waals surface area contributed by atoms with Crippen molar-refractivity contribution in [2.75, 3.05) is 0 Å². The molecule has 58 heavy (non-hydrogen) atoms. The van der Waals surface area contributed by atoms with Gasteiger partial charge in [-0.3, -0.25) is 4.57 Å². The predicted octanol–water partition coefficient (Wildman–Crippen LogP) is 14.6. The molecule has 0 spiro atoms. The zero-order chi connectivity index (χ0) is 37.9. The van der Waals surface area contributed by atoms with E-state index in [-0.39, 0.29) is 0 Å². The van der Waals surface area contributed by atoms with Crippen molar-refractivity contribution in [3.8, 4) is 28.3 Å². The summed E-state index contributed by atoms with van der Waals surface area (Å²) in [5.74, 6) is 0.648. The van der Waals surface area contributed by atoms with Crippen molar-refractivity contribution in [2.24, 2.45) is 0 Å². The number of nitrogens with zero attached hydrogens (tertiary/aromatic N) is 3. The van der Waals surface area contributed by atoms with Crippen LogP contribution in [-0.2, 0) is 0 Å². The summed E-state index contributed by atoms with van der Waals surface area (Å²) >= 11 is 0. The van der Waals surface area contributed by atoms with Crippen LogP contribution < -0.4 is 0 Å². The van der Waals surface area contributed by atoms with E-state index in [9.17, 15) is 0 Å². The van der Waals surface area contributed by atoms with E-state index in [2.05, 4.69) is 187 Å². The molecule has 13 aromatic rings. The number of hydrogen-bond acceptors (Lipinski definition) is 3. The van der Waals surface area contributed by atoms with Crippen molar-refractivity contribution in [1.82, 2.24) is 14.5 Å². The maximum absolute atomic E-state index is 6.64. The van der Waals surface area contributed by atoms with E-state index in [0.29, 0.717) is 5.95 Å². The molecule has 4 nitrogen and oxygen atoms in total. The van der Waals surface area contributed by atoms with Gasteiger partial charge in [0.05, 0.1) is 22.2 Å². The Morgan fingerprint density at radius 1 is 0.397 bits per heavy atom. The first-order valence-electron chi connectivity index (χ1n) is 19.7. The lowest BCUT2D eigenvalue weighted by Crippen LogP contribution is -2.04. The second-order valence-electron chi connectivity index (χ2n) is 15.2. The van der Waals surface area contributed by atoms with E-state index in [1.165, 1.54) is 43.1 Å². The number of aromatic nitrogens is 3. The summed E-state index contributed by atoms with van der Waals surface area (Å²) in [6, 6.07) is 67.2. The largest absolute Gasteiger partial charge is 0.455 e. The lowest BCUT2D eigenvalue weighted by Gasteiger charge is -2.16. The fourth-order valence-corrected chi connectivity index (χ4v) is 9.64. The summed E-state index contributed by atoms with van der Waals surface area (Å²) in [5, 5.41) is 15.1.